The van der Waals surface area contributed by atoms with Crippen LogP contribution in [0.25, 0.3) is 0 Å². The molecule has 0 heterocycles. The number of amides is 1. The first-order valence-corrected chi connectivity index (χ1v) is 9.06. The molecular formula is C23H23NO4. The Hall–Kier alpha value is -3.47. The molecule has 1 amide bonds. The van der Waals surface area contributed by atoms with Crippen LogP contribution < -0.4 is 14.8 Å². The minimum Gasteiger partial charge on any atom is -0.508 e. The van der Waals surface area contributed by atoms with Gasteiger partial charge in [0.15, 0.2) is 11.5 Å². The van der Waals surface area contributed by atoms with Crippen molar-refractivity contribution < 1.29 is 19.4 Å². The molecule has 144 valence electrons. The summed E-state index contributed by atoms with van der Waals surface area (Å²) in [5.74, 6) is 1.16. The van der Waals surface area contributed by atoms with Crippen molar-refractivity contribution in [2.45, 2.75) is 13.0 Å². The summed E-state index contributed by atoms with van der Waals surface area (Å²) in [4.78, 5) is 12.5. The zero-order valence-electron chi connectivity index (χ0n) is 15.7. The van der Waals surface area contributed by atoms with E-state index < -0.39 is 0 Å². The Balaban J connectivity index is 1.60. The molecule has 0 fully saturated rings. The quantitative estimate of drug-likeness (QED) is 0.624. The fourth-order valence-corrected chi connectivity index (χ4v) is 2.75. The number of carbonyl (C=O) groups is 1. The van der Waals surface area contributed by atoms with E-state index >= 15 is 0 Å². The van der Waals surface area contributed by atoms with Crippen molar-refractivity contribution in [1.29, 1.82) is 0 Å². The van der Waals surface area contributed by atoms with E-state index in [0.717, 1.165) is 11.1 Å². The number of nitrogens with one attached hydrogen (secondary N) is 1. The lowest BCUT2D eigenvalue weighted by molar-refractivity contribution is 0.0953. The summed E-state index contributed by atoms with van der Waals surface area (Å²) in [5, 5.41) is 12.2. The van der Waals surface area contributed by atoms with Crippen molar-refractivity contribution in [3.8, 4) is 17.2 Å². The molecule has 3 rings (SSSR count). The molecule has 3 aromatic rings. The molecule has 0 aliphatic carbocycles. The number of rotatable bonds is 8. The van der Waals surface area contributed by atoms with Gasteiger partial charge in [-0.2, -0.15) is 0 Å². The second kappa shape index (κ2) is 9.46. The van der Waals surface area contributed by atoms with Gasteiger partial charge in [-0.05, 0) is 47.9 Å². The van der Waals surface area contributed by atoms with Crippen LogP contribution >= 0.6 is 0 Å². The first-order chi connectivity index (χ1) is 13.7. The number of aromatic hydroxyl groups is 1. The Morgan fingerprint density at radius 2 is 1.68 bits per heavy atom. The predicted molar refractivity (Wildman–Crippen MR) is 108 cm³/mol. The second-order valence-electron chi connectivity index (χ2n) is 6.31. The zero-order valence-corrected chi connectivity index (χ0v) is 15.7. The Labute approximate surface area is 164 Å². The second-order valence-corrected chi connectivity index (χ2v) is 6.31. The van der Waals surface area contributed by atoms with Crippen LogP contribution in [-0.4, -0.2) is 24.7 Å². The molecular weight excluding hydrogens is 354 g/mol. The number of phenols is 1. The number of phenolic OH excluding ortho intramolecular Hbond substituents is 1. The minimum absolute atomic E-state index is 0.175. The lowest BCUT2D eigenvalue weighted by Gasteiger charge is -2.13. The van der Waals surface area contributed by atoms with E-state index in [2.05, 4.69) is 5.32 Å². The van der Waals surface area contributed by atoms with Crippen LogP contribution in [-0.2, 0) is 13.0 Å². The first-order valence-electron chi connectivity index (χ1n) is 9.06. The van der Waals surface area contributed by atoms with E-state index in [9.17, 15) is 9.90 Å². The molecule has 3 aromatic carbocycles. The molecule has 28 heavy (non-hydrogen) atoms. The van der Waals surface area contributed by atoms with E-state index in [1.807, 2.05) is 42.5 Å². The maximum absolute atomic E-state index is 12.5. The zero-order chi connectivity index (χ0) is 19.8. The highest BCUT2D eigenvalue weighted by atomic mass is 16.5. The summed E-state index contributed by atoms with van der Waals surface area (Å²) in [5.41, 5.74) is 2.59. The van der Waals surface area contributed by atoms with Crippen molar-refractivity contribution in [3.05, 3.63) is 89.5 Å². The highest BCUT2D eigenvalue weighted by molar-refractivity contribution is 5.94. The number of benzene rings is 3. The topological polar surface area (TPSA) is 67.8 Å². The van der Waals surface area contributed by atoms with E-state index in [0.29, 0.717) is 36.6 Å². The van der Waals surface area contributed by atoms with Crippen LogP contribution in [0, 0.1) is 0 Å². The molecule has 0 saturated carbocycles. The molecule has 0 unspecified atom stereocenters. The molecule has 0 aliphatic heterocycles. The molecule has 0 saturated heterocycles. The van der Waals surface area contributed by atoms with Crippen LogP contribution in [0.5, 0.6) is 17.2 Å². The maximum atomic E-state index is 12.5. The lowest BCUT2D eigenvalue weighted by atomic mass is 10.1. The number of hydrogen-bond donors (Lipinski definition) is 2. The van der Waals surface area contributed by atoms with Gasteiger partial charge in [0.1, 0.15) is 12.4 Å². The molecule has 0 aromatic heterocycles. The Morgan fingerprint density at radius 1 is 0.929 bits per heavy atom. The summed E-state index contributed by atoms with van der Waals surface area (Å²) in [6, 6.07) is 21.9. The van der Waals surface area contributed by atoms with E-state index in [1.165, 1.54) is 0 Å². The van der Waals surface area contributed by atoms with Crippen molar-refractivity contribution in [1.82, 2.24) is 5.32 Å². The van der Waals surface area contributed by atoms with Gasteiger partial charge >= 0.3 is 0 Å². The normalized spacial score (nSPS) is 10.3. The van der Waals surface area contributed by atoms with Gasteiger partial charge in [-0.3, -0.25) is 4.79 Å². The van der Waals surface area contributed by atoms with Crippen LogP contribution in [0.1, 0.15) is 21.5 Å². The average molecular weight is 377 g/mol. The molecule has 0 radical (unpaired) electrons. The minimum atomic E-state index is -0.175. The van der Waals surface area contributed by atoms with Crippen molar-refractivity contribution in [2.24, 2.45) is 0 Å². The van der Waals surface area contributed by atoms with Gasteiger partial charge in [0.25, 0.3) is 5.91 Å². The van der Waals surface area contributed by atoms with Gasteiger partial charge in [-0.25, -0.2) is 0 Å². The molecule has 0 spiro atoms. The largest absolute Gasteiger partial charge is 0.508 e. The van der Waals surface area contributed by atoms with Gasteiger partial charge in [-0.15, -0.1) is 0 Å². The average Bonchev–Trinajstić information content (AvgIpc) is 2.74. The first kappa shape index (κ1) is 19.3. The predicted octanol–water partition coefficient (Wildman–Crippen LogP) is 3.95. The van der Waals surface area contributed by atoms with Gasteiger partial charge in [-0.1, -0.05) is 42.5 Å². The van der Waals surface area contributed by atoms with E-state index in [1.54, 1.807) is 37.4 Å². The third kappa shape index (κ3) is 5.27. The molecule has 0 atom stereocenters. The van der Waals surface area contributed by atoms with E-state index in [4.69, 9.17) is 9.47 Å². The molecule has 5 nitrogen and oxygen atoms in total. The Morgan fingerprint density at radius 3 is 2.39 bits per heavy atom. The summed E-state index contributed by atoms with van der Waals surface area (Å²) in [6.45, 7) is 0.888. The van der Waals surface area contributed by atoms with Crippen LogP contribution in [0.2, 0.25) is 0 Å². The summed E-state index contributed by atoms with van der Waals surface area (Å²) in [7, 11) is 1.57. The van der Waals surface area contributed by atoms with Crippen molar-refractivity contribution in [3.63, 3.8) is 0 Å². The monoisotopic (exact) mass is 377 g/mol. The Bertz CT molecular complexity index is 908. The van der Waals surface area contributed by atoms with Gasteiger partial charge < -0.3 is 19.9 Å². The third-order valence-electron chi connectivity index (χ3n) is 4.30. The highest BCUT2D eigenvalue weighted by Gasteiger charge is 2.11. The number of ether oxygens (including phenoxy) is 2. The fraction of sp³-hybridized carbons (Fsp3) is 0.174. The van der Waals surface area contributed by atoms with Crippen molar-refractivity contribution >= 4 is 5.91 Å². The SMILES string of the molecule is COc1ccc(C(=O)NCCc2ccc(O)cc2)cc1OCc1ccccc1. The number of hydrogen-bond acceptors (Lipinski definition) is 4. The highest BCUT2D eigenvalue weighted by Crippen LogP contribution is 2.29. The van der Waals surface area contributed by atoms with Crippen LogP contribution in [0.4, 0.5) is 0 Å². The molecule has 0 bridgehead atoms. The van der Waals surface area contributed by atoms with Gasteiger partial charge in [0.2, 0.25) is 0 Å². The maximum Gasteiger partial charge on any atom is 0.251 e. The van der Waals surface area contributed by atoms with Gasteiger partial charge in [0.05, 0.1) is 7.11 Å². The fourth-order valence-electron chi connectivity index (χ4n) is 2.75. The van der Waals surface area contributed by atoms with Crippen LogP contribution in [0.3, 0.4) is 0 Å². The summed E-state index contributed by atoms with van der Waals surface area (Å²) >= 11 is 0. The lowest BCUT2D eigenvalue weighted by Crippen LogP contribution is -2.25. The summed E-state index contributed by atoms with van der Waals surface area (Å²) < 4.78 is 11.2. The molecule has 2 N–H and O–H groups in total. The number of methoxy groups -OCH3 is 1. The van der Waals surface area contributed by atoms with Crippen LogP contribution in [0.15, 0.2) is 72.8 Å². The molecule has 0 aliphatic rings. The third-order valence-corrected chi connectivity index (χ3v) is 4.30. The van der Waals surface area contributed by atoms with E-state index in [-0.39, 0.29) is 11.7 Å². The smallest absolute Gasteiger partial charge is 0.251 e. The standard InChI is InChI=1S/C23H23NO4/c1-27-21-12-9-19(15-22(21)28-16-18-5-3-2-4-6-18)23(26)24-14-13-17-7-10-20(25)11-8-17/h2-12,15,25H,13-14,16H2,1H3,(H,24,26). The summed E-state index contributed by atoms with van der Waals surface area (Å²) in [6.07, 6.45) is 0.680. The number of carbonyl (C=O) groups excluding carboxylic acids is 1. The van der Waals surface area contributed by atoms with Crippen molar-refractivity contribution in [2.75, 3.05) is 13.7 Å². The molecule has 5 heteroatoms. The van der Waals surface area contributed by atoms with Gasteiger partial charge in [0, 0.05) is 12.1 Å². The Kier molecular flexibility index (Phi) is 6.52.